The van der Waals surface area contributed by atoms with E-state index in [9.17, 15) is 0 Å². The molecule has 0 aliphatic carbocycles. The summed E-state index contributed by atoms with van der Waals surface area (Å²) < 4.78 is 4.11. The molecule has 0 bridgehead atoms. The molecule has 0 aromatic carbocycles. The van der Waals surface area contributed by atoms with Crippen LogP contribution < -0.4 is 20.6 Å². The Hall–Kier alpha value is -3.16. The molecule has 0 aliphatic heterocycles. The quantitative estimate of drug-likeness (QED) is 0.142. The van der Waals surface area contributed by atoms with Gasteiger partial charge in [0.1, 0.15) is 13.1 Å². The fourth-order valence-corrected chi connectivity index (χ4v) is 2.26. The van der Waals surface area contributed by atoms with Crippen molar-refractivity contribution in [2.45, 2.75) is 25.9 Å². The van der Waals surface area contributed by atoms with E-state index in [1.165, 1.54) is 0 Å². The van der Waals surface area contributed by atoms with Crippen LogP contribution in [0.4, 0.5) is 0 Å². The lowest BCUT2D eigenvalue weighted by Gasteiger charge is -2.00. The molecule has 0 unspecified atom stereocenters. The third kappa shape index (κ3) is 4.67. The maximum atomic E-state index is 8.63. The van der Waals surface area contributed by atoms with Gasteiger partial charge in [0.2, 0.25) is 0 Å². The molecule has 0 atom stereocenters. The number of unbranched alkanes of at least 4 members (excludes halogenated alkanes) is 1. The number of oxime groups is 2. The van der Waals surface area contributed by atoms with E-state index in [1.807, 2.05) is 49.1 Å². The van der Waals surface area contributed by atoms with Crippen LogP contribution in [0, 0.1) is 0 Å². The SMILES string of the molecule is N/C(=N/O)c1cc[n+](CCCC[n+]2ccc(/C(N)=N\O)cc2)cc1. The zero-order chi connectivity index (χ0) is 17.4. The van der Waals surface area contributed by atoms with Gasteiger partial charge in [0.15, 0.2) is 36.5 Å². The molecular weight excluding hydrogens is 308 g/mol. The van der Waals surface area contributed by atoms with Gasteiger partial charge in [-0.1, -0.05) is 10.3 Å². The van der Waals surface area contributed by atoms with Crippen molar-refractivity contribution in [2.75, 3.05) is 0 Å². The number of amidine groups is 2. The molecule has 0 saturated heterocycles. The Morgan fingerprint density at radius 1 is 0.750 bits per heavy atom. The largest absolute Gasteiger partial charge is 0.409 e. The second kappa shape index (κ2) is 8.47. The number of aryl methyl sites for hydroxylation is 2. The minimum atomic E-state index is 0.105. The second-order valence-electron chi connectivity index (χ2n) is 5.33. The number of nitrogens with two attached hydrogens (primary N) is 2. The number of hydrogen-bond donors (Lipinski definition) is 4. The van der Waals surface area contributed by atoms with E-state index in [4.69, 9.17) is 21.9 Å². The molecule has 0 radical (unpaired) electrons. The van der Waals surface area contributed by atoms with Crippen molar-refractivity contribution >= 4 is 11.7 Å². The van der Waals surface area contributed by atoms with Gasteiger partial charge >= 0.3 is 0 Å². The standard InChI is InChI=1S/C16H20N6O2/c17-15(19-23)13-3-9-21(10-4-13)7-1-2-8-22-11-5-14(6-12-22)16(18)20-24/h3-6,9-12H,1-2,7-8,17-18H2/p+2. The third-order valence-electron chi connectivity index (χ3n) is 3.67. The summed E-state index contributed by atoms with van der Waals surface area (Å²) in [5.41, 5.74) is 12.4. The van der Waals surface area contributed by atoms with Crippen LogP contribution in [0.2, 0.25) is 0 Å². The molecular formula is C16H22N6O2+2. The van der Waals surface area contributed by atoms with Crippen molar-refractivity contribution in [2.24, 2.45) is 21.8 Å². The molecule has 2 rings (SSSR count). The summed E-state index contributed by atoms with van der Waals surface area (Å²) in [6, 6.07) is 7.26. The average molecular weight is 330 g/mol. The van der Waals surface area contributed by atoms with Crippen LogP contribution >= 0.6 is 0 Å². The molecule has 0 aliphatic rings. The molecule has 0 fully saturated rings. The maximum Gasteiger partial charge on any atom is 0.170 e. The molecule has 8 nitrogen and oxygen atoms in total. The van der Waals surface area contributed by atoms with Crippen molar-refractivity contribution in [3.05, 3.63) is 60.2 Å². The van der Waals surface area contributed by atoms with Gasteiger partial charge in [0.05, 0.1) is 0 Å². The first kappa shape index (κ1) is 17.2. The summed E-state index contributed by atoms with van der Waals surface area (Å²) >= 11 is 0. The Balaban J connectivity index is 1.78. The fourth-order valence-electron chi connectivity index (χ4n) is 2.26. The Morgan fingerprint density at radius 2 is 1.08 bits per heavy atom. The van der Waals surface area contributed by atoms with Gasteiger partial charge in [-0.3, -0.25) is 0 Å². The van der Waals surface area contributed by atoms with Crippen LogP contribution in [0.5, 0.6) is 0 Å². The molecule has 6 N–H and O–H groups in total. The second-order valence-corrected chi connectivity index (χ2v) is 5.33. The molecule has 2 aromatic heterocycles. The molecule has 2 heterocycles. The van der Waals surface area contributed by atoms with Crippen LogP contribution in [0.15, 0.2) is 59.4 Å². The maximum absolute atomic E-state index is 8.63. The number of nitrogens with zero attached hydrogens (tertiary/aromatic N) is 4. The van der Waals surface area contributed by atoms with Crippen molar-refractivity contribution in [3.63, 3.8) is 0 Å². The van der Waals surface area contributed by atoms with Crippen LogP contribution in [-0.4, -0.2) is 22.1 Å². The zero-order valence-electron chi connectivity index (χ0n) is 13.3. The highest BCUT2D eigenvalue weighted by Gasteiger charge is 2.07. The molecule has 24 heavy (non-hydrogen) atoms. The number of hydrogen-bond acceptors (Lipinski definition) is 4. The minimum absolute atomic E-state index is 0.105. The zero-order valence-corrected chi connectivity index (χ0v) is 13.3. The molecule has 2 aromatic rings. The number of aromatic nitrogens is 2. The first-order valence-corrected chi connectivity index (χ1v) is 7.58. The van der Waals surface area contributed by atoms with E-state index >= 15 is 0 Å². The summed E-state index contributed by atoms with van der Waals surface area (Å²) in [6.07, 6.45) is 9.67. The third-order valence-corrected chi connectivity index (χ3v) is 3.67. The predicted octanol–water partition coefficient (Wildman–Crippen LogP) is -0.0690. The van der Waals surface area contributed by atoms with E-state index in [-0.39, 0.29) is 11.7 Å². The van der Waals surface area contributed by atoms with Crippen LogP contribution in [0.25, 0.3) is 0 Å². The van der Waals surface area contributed by atoms with E-state index < -0.39 is 0 Å². The smallest absolute Gasteiger partial charge is 0.170 e. The highest BCUT2D eigenvalue weighted by atomic mass is 16.4. The number of rotatable bonds is 7. The summed E-state index contributed by atoms with van der Waals surface area (Å²) in [5, 5.41) is 23.2. The van der Waals surface area contributed by atoms with Crippen LogP contribution in [0.3, 0.4) is 0 Å². The Kier molecular flexibility index (Phi) is 6.07. The summed E-state index contributed by atoms with van der Waals surface area (Å²) in [6.45, 7) is 1.78. The number of pyridine rings is 2. The first-order valence-electron chi connectivity index (χ1n) is 7.58. The highest BCUT2D eigenvalue weighted by Crippen LogP contribution is 1.97. The normalized spacial score (nSPS) is 12.3. The van der Waals surface area contributed by atoms with E-state index in [2.05, 4.69) is 19.4 Å². The lowest BCUT2D eigenvalue weighted by Crippen LogP contribution is -2.36. The minimum Gasteiger partial charge on any atom is -0.409 e. The Morgan fingerprint density at radius 3 is 1.38 bits per heavy atom. The van der Waals surface area contributed by atoms with Gasteiger partial charge < -0.3 is 21.9 Å². The van der Waals surface area contributed by atoms with Gasteiger partial charge in [-0.05, 0) is 0 Å². The van der Waals surface area contributed by atoms with Crippen molar-refractivity contribution < 1.29 is 19.5 Å². The lowest BCUT2D eigenvalue weighted by atomic mass is 10.2. The summed E-state index contributed by atoms with van der Waals surface area (Å²) in [4.78, 5) is 0. The Bertz CT molecular complexity index is 647. The highest BCUT2D eigenvalue weighted by molar-refractivity contribution is 5.97. The average Bonchev–Trinajstić information content (AvgIpc) is 2.65. The van der Waals surface area contributed by atoms with Gasteiger partial charge in [-0.25, -0.2) is 9.13 Å². The van der Waals surface area contributed by atoms with Crippen LogP contribution in [-0.2, 0) is 13.1 Å². The first-order chi connectivity index (χ1) is 11.6. The predicted molar refractivity (Wildman–Crippen MR) is 87.5 cm³/mol. The van der Waals surface area contributed by atoms with Crippen molar-refractivity contribution in [1.29, 1.82) is 0 Å². The summed E-state index contributed by atoms with van der Waals surface area (Å²) in [7, 11) is 0. The van der Waals surface area contributed by atoms with Crippen LogP contribution in [0.1, 0.15) is 24.0 Å². The van der Waals surface area contributed by atoms with Crippen molar-refractivity contribution in [3.8, 4) is 0 Å². The van der Waals surface area contributed by atoms with Gasteiger partial charge in [0, 0.05) is 48.2 Å². The molecule has 0 spiro atoms. The summed E-state index contributed by atoms with van der Waals surface area (Å²) in [5.74, 6) is 0.211. The molecule has 0 amide bonds. The monoisotopic (exact) mass is 330 g/mol. The van der Waals surface area contributed by atoms with Crippen molar-refractivity contribution in [1.82, 2.24) is 0 Å². The van der Waals surface area contributed by atoms with E-state index in [0.29, 0.717) is 11.1 Å². The van der Waals surface area contributed by atoms with Gasteiger partial charge in [-0.2, -0.15) is 0 Å². The van der Waals surface area contributed by atoms with E-state index in [1.54, 1.807) is 0 Å². The lowest BCUT2D eigenvalue weighted by molar-refractivity contribution is -0.708. The van der Waals surface area contributed by atoms with Gasteiger partial charge in [0.25, 0.3) is 0 Å². The fraction of sp³-hybridized carbons (Fsp3) is 0.250. The van der Waals surface area contributed by atoms with Gasteiger partial charge in [-0.15, -0.1) is 0 Å². The Labute approximate surface area is 140 Å². The molecule has 0 saturated carbocycles. The topological polar surface area (TPSA) is 125 Å². The van der Waals surface area contributed by atoms with E-state index in [0.717, 1.165) is 25.9 Å². The molecule has 8 heteroatoms. The molecule has 126 valence electrons.